The molecule has 0 aliphatic heterocycles. The fraction of sp³-hybridized carbons (Fsp3) is 0.300. The molecule has 0 aliphatic carbocycles. The number of halogens is 2. The molecule has 1 amide bonds. The van der Waals surface area contributed by atoms with Crippen LogP contribution >= 0.6 is 27.5 Å². The number of nitrogens with one attached hydrogen (secondary N) is 1. The smallest absolute Gasteiger partial charge is 0.238 e. The average Bonchev–Trinajstić information content (AvgIpc) is 2.22. The van der Waals surface area contributed by atoms with Crippen LogP contribution in [0.25, 0.3) is 0 Å². The first-order valence-corrected chi connectivity index (χ1v) is 5.77. The van der Waals surface area contributed by atoms with Gasteiger partial charge >= 0.3 is 0 Å². The van der Waals surface area contributed by atoms with Crippen LogP contribution in [0, 0.1) is 0 Å². The Labute approximate surface area is 102 Å². The van der Waals surface area contributed by atoms with Gasteiger partial charge in [0.05, 0.1) is 9.85 Å². The second-order valence-electron chi connectivity index (χ2n) is 3.03. The molecule has 0 bridgehead atoms. The average molecular weight is 293 g/mol. The van der Waals surface area contributed by atoms with Crippen LogP contribution in [0.5, 0.6) is 5.75 Å². The summed E-state index contributed by atoms with van der Waals surface area (Å²) in [6.07, 6.45) is 0.706. The number of rotatable bonds is 3. The first kappa shape index (κ1) is 12.3. The van der Waals surface area contributed by atoms with E-state index in [-0.39, 0.29) is 21.5 Å². The van der Waals surface area contributed by atoms with E-state index in [1.54, 1.807) is 6.07 Å². The molecule has 5 heteroatoms. The number of phenolic OH excluding ortho intramolecular Hbond substituents is 1. The molecule has 0 fully saturated rings. The lowest BCUT2D eigenvalue weighted by Crippen LogP contribution is -2.21. The highest BCUT2D eigenvalue weighted by atomic mass is 79.9. The van der Waals surface area contributed by atoms with Crippen molar-refractivity contribution in [1.29, 1.82) is 0 Å². The van der Waals surface area contributed by atoms with E-state index in [0.29, 0.717) is 12.1 Å². The molecule has 0 saturated carbocycles. The molecular formula is C10H11BrClNO2. The second kappa shape index (κ2) is 5.37. The summed E-state index contributed by atoms with van der Waals surface area (Å²) in [7, 11) is 0. The number of phenols is 1. The Hall–Kier alpha value is -0.740. The summed E-state index contributed by atoms with van der Waals surface area (Å²) < 4.78 is 0. The maximum Gasteiger partial charge on any atom is 0.238 e. The maximum atomic E-state index is 11.5. The standard InChI is InChI=1S/C10H11BrClNO2/c1-2-7(11)10(15)13-6-3-4-9(14)8(12)5-6/h3-5,7,14H,2H2,1H3,(H,13,15). The summed E-state index contributed by atoms with van der Waals surface area (Å²) in [5.74, 6) is -0.125. The van der Waals surface area contributed by atoms with Gasteiger partial charge in [-0.25, -0.2) is 0 Å². The van der Waals surface area contributed by atoms with E-state index in [1.807, 2.05) is 6.92 Å². The van der Waals surface area contributed by atoms with Gasteiger partial charge in [-0.2, -0.15) is 0 Å². The van der Waals surface area contributed by atoms with E-state index in [1.165, 1.54) is 12.1 Å². The minimum absolute atomic E-state index is 0.000509. The van der Waals surface area contributed by atoms with Crippen LogP contribution in [0.1, 0.15) is 13.3 Å². The SMILES string of the molecule is CCC(Br)C(=O)Nc1ccc(O)c(Cl)c1. The summed E-state index contributed by atoms with van der Waals surface area (Å²) in [6, 6.07) is 4.53. The Morgan fingerprint density at radius 2 is 2.33 bits per heavy atom. The Morgan fingerprint density at radius 1 is 1.67 bits per heavy atom. The number of carbonyl (C=O) groups is 1. The van der Waals surface area contributed by atoms with Gasteiger partial charge in [0.1, 0.15) is 5.75 Å². The van der Waals surface area contributed by atoms with Crippen LogP contribution in [0.15, 0.2) is 18.2 Å². The Kier molecular flexibility index (Phi) is 4.42. The third kappa shape index (κ3) is 3.39. The van der Waals surface area contributed by atoms with Gasteiger partial charge in [0.25, 0.3) is 0 Å². The third-order valence-corrected chi connectivity index (χ3v) is 3.22. The van der Waals surface area contributed by atoms with Crippen molar-refractivity contribution in [2.45, 2.75) is 18.2 Å². The van der Waals surface area contributed by atoms with Crippen LogP contribution < -0.4 is 5.32 Å². The molecule has 0 saturated heterocycles. The number of carbonyl (C=O) groups excluding carboxylic acids is 1. The van der Waals surface area contributed by atoms with Crippen molar-refractivity contribution in [2.24, 2.45) is 0 Å². The molecule has 2 N–H and O–H groups in total. The molecule has 1 rings (SSSR count). The zero-order valence-electron chi connectivity index (χ0n) is 8.13. The van der Waals surface area contributed by atoms with Crippen molar-refractivity contribution in [3.8, 4) is 5.75 Å². The molecular weight excluding hydrogens is 281 g/mol. The van der Waals surface area contributed by atoms with E-state index in [0.717, 1.165) is 0 Å². The van der Waals surface area contributed by atoms with E-state index < -0.39 is 0 Å². The molecule has 1 aromatic carbocycles. The van der Waals surface area contributed by atoms with Gasteiger partial charge in [-0.3, -0.25) is 4.79 Å². The predicted molar refractivity (Wildman–Crippen MR) is 64.8 cm³/mol. The summed E-state index contributed by atoms with van der Waals surface area (Å²) in [6.45, 7) is 1.91. The van der Waals surface area contributed by atoms with E-state index in [2.05, 4.69) is 21.2 Å². The number of hydrogen-bond donors (Lipinski definition) is 2. The number of amides is 1. The lowest BCUT2D eigenvalue weighted by atomic mass is 10.2. The van der Waals surface area contributed by atoms with E-state index in [9.17, 15) is 9.90 Å². The lowest BCUT2D eigenvalue weighted by molar-refractivity contribution is -0.115. The zero-order chi connectivity index (χ0) is 11.4. The second-order valence-corrected chi connectivity index (χ2v) is 4.54. The fourth-order valence-electron chi connectivity index (χ4n) is 0.991. The van der Waals surface area contributed by atoms with Gasteiger partial charge in [0, 0.05) is 5.69 Å². The van der Waals surface area contributed by atoms with Crippen LogP contribution in [0.2, 0.25) is 5.02 Å². The number of anilines is 1. The summed E-state index contributed by atoms with van der Waals surface area (Å²) in [5, 5.41) is 12.1. The van der Waals surface area contributed by atoms with Gasteiger partial charge in [0.2, 0.25) is 5.91 Å². The maximum absolute atomic E-state index is 11.5. The third-order valence-electron chi connectivity index (χ3n) is 1.86. The van der Waals surface area contributed by atoms with Crippen molar-refractivity contribution in [1.82, 2.24) is 0 Å². The Bertz CT molecular complexity index is 370. The van der Waals surface area contributed by atoms with Crippen molar-refractivity contribution in [2.75, 3.05) is 5.32 Å². The highest BCUT2D eigenvalue weighted by Gasteiger charge is 2.12. The van der Waals surface area contributed by atoms with Gasteiger partial charge in [-0.15, -0.1) is 0 Å². The van der Waals surface area contributed by atoms with Crippen LogP contribution in [-0.4, -0.2) is 15.8 Å². The monoisotopic (exact) mass is 291 g/mol. The van der Waals surface area contributed by atoms with Gasteiger partial charge in [0.15, 0.2) is 0 Å². The molecule has 0 aliphatic rings. The number of aromatic hydroxyl groups is 1. The van der Waals surface area contributed by atoms with Crippen LogP contribution in [0.4, 0.5) is 5.69 Å². The minimum atomic E-state index is -0.218. The van der Waals surface area contributed by atoms with Crippen molar-refractivity contribution < 1.29 is 9.90 Å². The van der Waals surface area contributed by atoms with Gasteiger partial charge < -0.3 is 10.4 Å². The first-order chi connectivity index (χ1) is 7.04. The molecule has 82 valence electrons. The fourth-order valence-corrected chi connectivity index (χ4v) is 1.29. The van der Waals surface area contributed by atoms with E-state index in [4.69, 9.17) is 11.6 Å². The van der Waals surface area contributed by atoms with Crippen LogP contribution in [-0.2, 0) is 4.79 Å². The predicted octanol–water partition coefficient (Wildman–Crippen LogP) is 3.16. The largest absolute Gasteiger partial charge is 0.506 e. The topological polar surface area (TPSA) is 49.3 Å². The first-order valence-electron chi connectivity index (χ1n) is 4.48. The van der Waals surface area contributed by atoms with E-state index >= 15 is 0 Å². The molecule has 1 atom stereocenters. The minimum Gasteiger partial charge on any atom is -0.506 e. The van der Waals surface area contributed by atoms with Crippen LogP contribution in [0.3, 0.4) is 0 Å². The molecule has 0 radical (unpaired) electrons. The highest BCUT2D eigenvalue weighted by Crippen LogP contribution is 2.26. The molecule has 0 aromatic heterocycles. The number of alkyl halides is 1. The quantitative estimate of drug-likeness (QED) is 0.664. The normalized spacial score (nSPS) is 12.2. The molecule has 15 heavy (non-hydrogen) atoms. The summed E-state index contributed by atoms with van der Waals surface area (Å²) >= 11 is 8.94. The van der Waals surface area contributed by atoms with Crippen molar-refractivity contribution in [3.05, 3.63) is 23.2 Å². The molecule has 0 spiro atoms. The van der Waals surface area contributed by atoms with Gasteiger partial charge in [-0.05, 0) is 24.6 Å². The highest BCUT2D eigenvalue weighted by molar-refractivity contribution is 9.10. The molecule has 0 heterocycles. The number of hydrogen-bond acceptors (Lipinski definition) is 2. The summed E-state index contributed by atoms with van der Waals surface area (Å²) in [5.41, 5.74) is 0.570. The zero-order valence-corrected chi connectivity index (χ0v) is 10.5. The van der Waals surface area contributed by atoms with Crippen molar-refractivity contribution in [3.63, 3.8) is 0 Å². The Balaban J connectivity index is 2.73. The Morgan fingerprint density at radius 3 is 2.87 bits per heavy atom. The summed E-state index contributed by atoms with van der Waals surface area (Å²) in [4.78, 5) is 11.3. The molecule has 1 aromatic rings. The molecule has 3 nitrogen and oxygen atoms in total. The number of benzene rings is 1. The van der Waals surface area contributed by atoms with Gasteiger partial charge in [-0.1, -0.05) is 34.5 Å². The van der Waals surface area contributed by atoms with Crippen molar-refractivity contribution >= 4 is 39.1 Å². The molecule has 1 unspecified atom stereocenters. The lowest BCUT2D eigenvalue weighted by Gasteiger charge is -2.09.